The predicted octanol–water partition coefficient (Wildman–Crippen LogP) is 5.63. The highest BCUT2D eigenvalue weighted by Crippen LogP contribution is 2.20. The van der Waals surface area contributed by atoms with E-state index in [9.17, 15) is 9.59 Å². The van der Waals surface area contributed by atoms with E-state index in [0.717, 1.165) is 66.9 Å². The summed E-state index contributed by atoms with van der Waals surface area (Å²) in [5.41, 5.74) is 6.63. The lowest BCUT2D eigenvalue weighted by atomic mass is 9.97. The number of carbonyl (C=O) groups is 2. The summed E-state index contributed by atoms with van der Waals surface area (Å²) in [6.07, 6.45) is 2.58. The van der Waals surface area contributed by atoms with Crippen molar-refractivity contribution in [2.24, 2.45) is 0 Å². The van der Waals surface area contributed by atoms with Crippen LogP contribution in [-0.4, -0.2) is 66.9 Å². The molecular weight excluding hydrogens is 446 g/mol. The average Bonchev–Trinajstić information content (AvgIpc) is 2.82. The molecule has 0 heterocycles. The van der Waals surface area contributed by atoms with Crippen LogP contribution in [0.25, 0.3) is 0 Å². The van der Waals surface area contributed by atoms with Gasteiger partial charge in [0.05, 0.1) is 26.2 Å². The molecule has 0 atom stereocenters. The maximum atomic E-state index is 13.3. The number of anilines is 1. The van der Waals surface area contributed by atoms with Crippen molar-refractivity contribution in [3.8, 4) is 0 Å². The molecule has 0 aliphatic carbocycles. The van der Waals surface area contributed by atoms with E-state index in [0.29, 0.717) is 25.3 Å². The molecule has 0 saturated carbocycles. The third kappa shape index (κ3) is 8.56. The second-order valence-corrected chi connectivity index (χ2v) is 10.4. The molecule has 36 heavy (non-hydrogen) atoms. The van der Waals surface area contributed by atoms with Gasteiger partial charge in [0.25, 0.3) is 0 Å². The number of benzene rings is 2. The van der Waals surface area contributed by atoms with Gasteiger partial charge in [0.2, 0.25) is 5.91 Å². The Morgan fingerprint density at radius 1 is 0.806 bits per heavy atom. The molecule has 0 unspecified atom stereocenters. The van der Waals surface area contributed by atoms with Crippen molar-refractivity contribution in [1.29, 1.82) is 0 Å². The molecule has 0 spiro atoms. The van der Waals surface area contributed by atoms with Crippen molar-refractivity contribution < 1.29 is 14.1 Å². The number of carbonyl (C=O) groups excluding carboxylic acids is 2. The number of hydrogen-bond donors (Lipinski definition) is 1. The van der Waals surface area contributed by atoms with Crippen molar-refractivity contribution in [3.63, 3.8) is 0 Å². The van der Waals surface area contributed by atoms with Crippen LogP contribution in [0.2, 0.25) is 0 Å². The number of nitrogens with one attached hydrogen (secondary N) is 1. The van der Waals surface area contributed by atoms with Crippen LogP contribution in [0.4, 0.5) is 5.69 Å². The summed E-state index contributed by atoms with van der Waals surface area (Å²) in [6.45, 7) is 20.1. The second-order valence-electron chi connectivity index (χ2n) is 10.4. The molecule has 1 N–H and O–H groups in total. The predicted molar refractivity (Wildman–Crippen MR) is 152 cm³/mol. The van der Waals surface area contributed by atoms with Crippen LogP contribution < -0.4 is 5.32 Å². The molecule has 5 heteroatoms. The lowest BCUT2D eigenvalue weighted by Crippen LogP contribution is -2.56. The molecule has 0 saturated heterocycles. The van der Waals surface area contributed by atoms with Gasteiger partial charge >= 0.3 is 0 Å². The van der Waals surface area contributed by atoms with Gasteiger partial charge in [-0.05, 0) is 74.9 Å². The minimum atomic E-state index is 0.0180. The smallest absolute Gasteiger partial charge is 0.238 e. The van der Waals surface area contributed by atoms with Gasteiger partial charge in [-0.2, -0.15) is 0 Å². The zero-order valence-corrected chi connectivity index (χ0v) is 23.7. The number of Topliss-reactive ketones (excluding diaryl/α,β-unsaturated/α-hetero) is 1. The monoisotopic (exact) mass is 494 g/mol. The fraction of sp³-hybridized carbons (Fsp3) is 0.548. The highest BCUT2D eigenvalue weighted by atomic mass is 16.2. The average molecular weight is 495 g/mol. The third-order valence-electron chi connectivity index (χ3n) is 7.38. The first kappa shape index (κ1) is 29.7. The Morgan fingerprint density at radius 3 is 1.83 bits per heavy atom. The lowest BCUT2D eigenvalue weighted by Gasteiger charge is -2.39. The van der Waals surface area contributed by atoms with Crippen LogP contribution >= 0.6 is 0 Å². The maximum Gasteiger partial charge on any atom is 0.238 e. The van der Waals surface area contributed by atoms with E-state index in [1.165, 1.54) is 16.7 Å². The van der Waals surface area contributed by atoms with Crippen LogP contribution in [-0.2, 0) is 16.0 Å². The molecule has 0 aromatic heterocycles. The topological polar surface area (TPSA) is 49.4 Å². The maximum absolute atomic E-state index is 13.3. The van der Waals surface area contributed by atoms with E-state index in [-0.39, 0.29) is 5.91 Å². The summed E-state index contributed by atoms with van der Waals surface area (Å²) in [7, 11) is 0. The zero-order valence-electron chi connectivity index (χ0n) is 23.7. The molecule has 0 fully saturated rings. The molecular formula is C31H48N3O2+. The molecule has 0 bridgehead atoms. The van der Waals surface area contributed by atoms with Crippen molar-refractivity contribution in [3.05, 3.63) is 64.2 Å². The molecule has 2 aromatic carbocycles. The SMILES string of the molecule is CCC[N+](CCC)(CCN(CC)CC(=O)Nc1c(C)cccc1C)CC(=O)Cc1c(C)cccc1C. The normalized spacial score (nSPS) is 11.7. The van der Waals surface area contributed by atoms with Gasteiger partial charge < -0.3 is 9.80 Å². The van der Waals surface area contributed by atoms with E-state index in [2.05, 4.69) is 63.0 Å². The summed E-state index contributed by atoms with van der Waals surface area (Å²) in [4.78, 5) is 28.4. The zero-order chi connectivity index (χ0) is 26.7. The second kappa shape index (κ2) is 14.3. The summed E-state index contributed by atoms with van der Waals surface area (Å²) in [5.74, 6) is 0.328. The first-order valence-corrected chi connectivity index (χ1v) is 13.6. The van der Waals surface area contributed by atoms with Gasteiger partial charge in [0.1, 0.15) is 6.54 Å². The Labute approximate surface area is 219 Å². The Balaban J connectivity index is 2.08. The van der Waals surface area contributed by atoms with Gasteiger partial charge in [-0.25, -0.2) is 0 Å². The van der Waals surface area contributed by atoms with Crippen LogP contribution in [0, 0.1) is 27.7 Å². The first-order valence-electron chi connectivity index (χ1n) is 13.6. The van der Waals surface area contributed by atoms with E-state index in [4.69, 9.17) is 0 Å². The minimum absolute atomic E-state index is 0.0180. The molecule has 0 aliphatic heterocycles. The van der Waals surface area contributed by atoms with Crippen molar-refractivity contribution in [2.45, 2.75) is 67.7 Å². The summed E-state index contributed by atoms with van der Waals surface area (Å²) in [6, 6.07) is 12.3. The fourth-order valence-corrected chi connectivity index (χ4v) is 5.37. The van der Waals surface area contributed by atoms with E-state index < -0.39 is 0 Å². The fourth-order valence-electron chi connectivity index (χ4n) is 5.37. The molecule has 5 nitrogen and oxygen atoms in total. The standard InChI is InChI=1S/C31H47N3O2/c1-8-18-34(19-9-2,23-28(35)21-29-24(4)13-11-14-25(29)5)20-17-33(10-3)22-30(36)32-31-26(6)15-12-16-27(31)7/h11-16H,8-10,17-23H2,1-7H3/p+1. The van der Waals surface area contributed by atoms with E-state index >= 15 is 0 Å². The van der Waals surface area contributed by atoms with E-state index in [1.807, 2.05) is 32.0 Å². The largest absolute Gasteiger partial charge is 0.324 e. The molecule has 2 aromatic rings. The van der Waals surface area contributed by atoms with Gasteiger partial charge in [0.15, 0.2) is 5.78 Å². The highest BCUT2D eigenvalue weighted by Gasteiger charge is 2.30. The Hall–Kier alpha value is -2.50. The third-order valence-corrected chi connectivity index (χ3v) is 7.38. The van der Waals surface area contributed by atoms with E-state index in [1.54, 1.807) is 0 Å². The number of ketones is 1. The highest BCUT2D eigenvalue weighted by molar-refractivity contribution is 5.93. The number of amides is 1. The molecule has 0 aliphatic rings. The number of likely N-dealkylation sites (N-methyl/N-ethyl adjacent to an activating group) is 1. The number of hydrogen-bond acceptors (Lipinski definition) is 3. The summed E-state index contributed by atoms with van der Waals surface area (Å²) >= 11 is 0. The molecule has 1 amide bonds. The molecule has 2 rings (SSSR count). The Kier molecular flexibility index (Phi) is 11.8. The Bertz CT molecular complexity index is 968. The summed E-state index contributed by atoms with van der Waals surface area (Å²) < 4.78 is 0.797. The molecule has 198 valence electrons. The first-order chi connectivity index (χ1) is 17.1. The summed E-state index contributed by atoms with van der Waals surface area (Å²) in [5, 5.41) is 3.12. The Morgan fingerprint density at radius 2 is 1.33 bits per heavy atom. The number of para-hydroxylation sites is 1. The van der Waals surface area contributed by atoms with Crippen LogP contribution in [0.3, 0.4) is 0 Å². The number of aryl methyl sites for hydroxylation is 4. The van der Waals surface area contributed by atoms with Gasteiger partial charge in [-0.1, -0.05) is 57.2 Å². The quantitative estimate of drug-likeness (QED) is 0.327. The number of quaternary nitrogens is 1. The van der Waals surface area contributed by atoms with Gasteiger partial charge in [0, 0.05) is 18.7 Å². The van der Waals surface area contributed by atoms with Crippen molar-refractivity contribution in [2.75, 3.05) is 51.1 Å². The minimum Gasteiger partial charge on any atom is -0.324 e. The number of nitrogens with zero attached hydrogens (tertiary/aromatic N) is 2. The van der Waals surface area contributed by atoms with Crippen molar-refractivity contribution >= 4 is 17.4 Å². The van der Waals surface area contributed by atoms with Crippen molar-refractivity contribution in [1.82, 2.24) is 4.90 Å². The van der Waals surface area contributed by atoms with Crippen LogP contribution in [0.15, 0.2) is 36.4 Å². The van der Waals surface area contributed by atoms with Gasteiger partial charge in [-0.3, -0.25) is 14.5 Å². The molecule has 0 radical (unpaired) electrons. The van der Waals surface area contributed by atoms with Crippen LogP contribution in [0.1, 0.15) is 61.4 Å². The van der Waals surface area contributed by atoms with Crippen LogP contribution in [0.5, 0.6) is 0 Å². The van der Waals surface area contributed by atoms with Gasteiger partial charge in [-0.15, -0.1) is 0 Å². The number of rotatable bonds is 15. The lowest BCUT2D eigenvalue weighted by molar-refractivity contribution is -0.920.